The lowest BCUT2D eigenvalue weighted by Gasteiger charge is -2.08. The Morgan fingerprint density at radius 1 is 1.44 bits per heavy atom. The van der Waals surface area contributed by atoms with Crippen LogP contribution in [-0.4, -0.2) is 0 Å². The minimum atomic E-state index is 1.22. The van der Waals surface area contributed by atoms with Gasteiger partial charge in [0.05, 0.1) is 0 Å². The fourth-order valence-corrected chi connectivity index (χ4v) is 1.23. The van der Waals surface area contributed by atoms with Gasteiger partial charge < -0.3 is 0 Å². The van der Waals surface area contributed by atoms with Crippen LogP contribution in [0, 0.1) is 0 Å². The highest BCUT2D eigenvalue weighted by Crippen LogP contribution is 2.23. The topological polar surface area (TPSA) is 0 Å². The van der Waals surface area contributed by atoms with E-state index in [1.165, 1.54) is 24.6 Å². The van der Waals surface area contributed by atoms with Crippen LogP contribution < -0.4 is 0 Å². The van der Waals surface area contributed by atoms with Gasteiger partial charge in [-0.05, 0) is 19.3 Å². The van der Waals surface area contributed by atoms with E-state index in [0.29, 0.717) is 0 Å². The van der Waals surface area contributed by atoms with E-state index in [1.807, 2.05) is 0 Å². The number of hydrogen-bond acceptors (Lipinski definition) is 0. The molecule has 9 heavy (non-hydrogen) atoms. The van der Waals surface area contributed by atoms with Gasteiger partial charge >= 0.3 is 0 Å². The monoisotopic (exact) mass is 140 g/mol. The zero-order valence-corrected chi connectivity index (χ0v) is 7.01. The molecule has 0 N–H and O–H groups in total. The van der Waals surface area contributed by atoms with Gasteiger partial charge in [0.1, 0.15) is 0 Å². The lowest BCUT2D eigenvalue weighted by atomic mass is 10.0. The Hall–Kier alpha value is -0.0900. The van der Waals surface area contributed by atoms with Gasteiger partial charge in [0.25, 0.3) is 0 Å². The summed E-state index contributed by atoms with van der Waals surface area (Å²) in [6, 6.07) is 0. The second kappa shape index (κ2) is 3.17. The molecule has 1 unspecified atom stereocenters. The average molecular weight is 140 g/mol. The predicted octanol–water partition coefficient (Wildman–Crippen LogP) is 2.88. The Balaban J connectivity index is 2.59. The van der Waals surface area contributed by atoms with Crippen molar-refractivity contribution in [2.45, 2.75) is 26.2 Å². The quantitative estimate of drug-likeness (QED) is 0.491. The summed E-state index contributed by atoms with van der Waals surface area (Å²) in [6.07, 6.45) is 8.17. The van der Waals surface area contributed by atoms with Crippen molar-refractivity contribution in [2.75, 3.05) is 0 Å². The molecule has 1 atom stereocenters. The Morgan fingerprint density at radius 2 is 2.22 bits per heavy atom. The summed E-state index contributed by atoms with van der Waals surface area (Å²) in [6.45, 7) is 2.22. The molecule has 1 rings (SSSR count). The maximum absolute atomic E-state index is 2.76. The van der Waals surface area contributed by atoms with Crippen molar-refractivity contribution in [1.82, 2.24) is 0 Å². The highest BCUT2D eigenvalue weighted by Gasteiger charge is 1.99. The van der Waals surface area contributed by atoms with E-state index in [-0.39, 0.29) is 0 Å². The van der Waals surface area contributed by atoms with Crippen molar-refractivity contribution in [2.24, 2.45) is 0 Å². The number of allylic oxidation sites excluding steroid dienone is 4. The summed E-state index contributed by atoms with van der Waals surface area (Å²) >= 11 is 0. The molecule has 0 amide bonds. The zero-order valence-electron chi connectivity index (χ0n) is 5.85. The summed E-state index contributed by atoms with van der Waals surface area (Å²) in [4.78, 5) is 0. The minimum absolute atomic E-state index is 1.22. The lowest BCUT2D eigenvalue weighted by Crippen LogP contribution is -1.86. The number of hydrogen-bond donors (Lipinski definition) is 0. The van der Waals surface area contributed by atoms with Crippen molar-refractivity contribution in [1.29, 1.82) is 0 Å². The fourth-order valence-electron chi connectivity index (χ4n) is 0.991. The summed E-state index contributed by atoms with van der Waals surface area (Å²) in [5.41, 5.74) is 1.58. The molecule has 0 fully saturated rings. The molecule has 0 aromatic carbocycles. The van der Waals surface area contributed by atoms with Crippen LogP contribution in [0.2, 0.25) is 0 Å². The molecule has 50 valence electrons. The molecule has 0 saturated carbocycles. The summed E-state index contributed by atoms with van der Waals surface area (Å²) in [7, 11) is 2.76. The molecule has 0 aromatic heterocycles. The van der Waals surface area contributed by atoms with Crippen molar-refractivity contribution >= 4 is 9.24 Å². The summed E-state index contributed by atoms with van der Waals surface area (Å²) < 4.78 is 0. The second-order valence-corrected chi connectivity index (χ2v) is 3.16. The Bertz CT molecular complexity index is 154. The predicted molar refractivity (Wildman–Crippen MR) is 45.4 cm³/mol. The van der Waals surface area contributed by atoms with E-state index in [1.54, 1.807) is 5.57 Å². The molecule has 0 aliphatic heterocycles. The van der Waals surface area contributed by atoms with Gasteiger partial charge in [0, 0.05) is 0 Å². The highest BCUT2D eigenvalue weighted by atomic mass is 31.0. The van der Waals surface area contributed by atoms with Crippen LogP contribution in [0.5, 0.6) is 0 Å². The van der Waals surface area contributed by atoms with Crippen LogP contribution in [0.3, 0.4) is 0 Å². The van der Waals surface area contributed by atoms with E-state index >= 15 is 0 Å². The first-order chi connectivity index (χ1) is 4.33. The third kappa shape index (κ3) is 1.95. The summed E-state index contributed by atoms with van der Waals surface area (Å²) in [5, 5.41) is 1.44. The van der Waals surface area contributed by atoms with Crippen LogP contribution in [0.1, 0.15) is 26.2 Å². The van der Waals surface area contributed by atoms with Gasteiger partial charge in [-0.2, -0.15) is 0 Å². The molecule has 0 spiro atoms. The summed E-state index contributed by atoms with van der Waals surface area (Å²) in [5.74, 6) is 0. The Labute approximate surface area is 59.2 Å². The first-order valence-corrected chi connectivity index (χ1v) is 4.04. The van der Waals surface area contributed by atoms with Crippen LogP contribution in [0.4, 0.5) is 0 Å². The van der Waals surface area contributed by atoms with E-state index < -0.39 is 0 Å². The van der Waals surface area contributed by atoms with Crippen LogP contribution in [0.15, 0.2) is 23.0 Å². The van der Waals surface area contributed by atoms with Crippen molar-refractivity contribution in [3.63, 3.8) is 0 Å². The molecule has 0 aromatic rings. The smallest absolute Gasteiger partial charge is 0.0242 e. The first kappa shape index (κ1) is 7.02. The van der Waals surface area contributed by atoms with E-state index in [9.17, 15) is 0 Å². The third-order valence-electron chi connectivity index (χ3n) is 1.72. The molecule has 0 radical (unpaired) electrons. The first-order valence-electron chi connectivity index (χ1n) is 3.47. The molecular formula is C8H13P. The number of rotatable bonds is 1. The molecule has 0 nitrogen and oxygen atoms in total. The molecule has 1 aliphatic rings. The largest absolute Gasteiger partial charge is 0.110 e. The van der Waals surface area contributed by atoms with Crippen molar-refractivity contribution < 1.29 is 0 Å². The fraction of sp³-hybridized carbons (Fsp3) is 0.500. The molecular weight excluding hydrogens is 127 g/mol. The van der Waals surface area contributed by atoms with E-state index in [4.69, 9.17) is 0 Å². The second-order valence-electron chi connectivity index (χ2n) is 2.42. The standard InChI is InChI=1S/C8H13P/c1-2-7-3-5-8(9)6-4-7/h3,5H,2,4,6,9H2,1H3. The minimum Gasteiger partial charge on any atom is -0.110 e. The lowest BCUT2D eigenvalue weighted by molar-refractivity contribution is 0.887. The van der Waals surface area contributed by atoms with Crippen molar-refractivity contribution in [3.05, 3.63) is 23.0 Å². The molecule has 1 aliphatic carbocycles. The Morgan fingerprint density at radius 3 is 2.67 bits per heavy atom. The SMILES string of the molecule is CCC1=CC=C(P)CC1. The maximum atomic E-state index is 2.76. The van der Waals surface area contributed by atoms with Crippen LogP contribution in [0.25, 0.3) is 0 Å². The normalized spacial score (nSPS) is 18.9. The molecule has 1 heteroatoms. The third-order valence-corrected chi connectivity index (χ3v) is 2.20. The maximum Gasteiger partial charge on any atom is -0.0242 e. The average Bonchev–Trinajstić information content (AvgIpc) is 1.90. The molecule has 0 saturated heterocycles. The van der Waals surface area contributed by atoms with Crippen LogP contribution >= 0.6 is 9.24 Å². The van der Waals surface area contributed by atoms with E-state index in [2.05, 4.69) is 28.3 Å². The Kier molecular flexibility index (Phi) is 2.48. The van der Waals surface area contributed by atoms with Gasteiger partial charge in [-0.1, -0.05) is 30.0 Å². The molecule has 0 heterocycles. The zero-order chi connectivity index (χ0) is 6.69. The van der Waals surface area contributed by atoms with Gasteiger partial charge in [-0.3, -0.25) is 0 Å². The van der Waals surface area contributed by atoms with E-state index in [0.717, 1.165) is 0 Å². The van der Waals surface area contributed by atoms with Crippen LogP contribution in [-0.2, 0) is 0 Å². The highest BCUT2D eigenvalue weighted by molar-refractivity contribution is 7.22. The van der Waals surface area contributed by atoms with Gasteiger partial charge in [-0.25, -0.2) is 0 Å². The van der Waals surface area contributed by atoms with Gasteiger partial charge in [0.2, 0.25) is 0 Å². The van der Waals surface area contributed by atoms with Crippen molar-refractivity contribution in [3.8, 4) is 0 Å². The van der Waals surface area contributed by atoms with Gasteiger partial charge in [0.15, 0.2) is 0 Å². The van der Waals surface area contributed by atoms with Gasteiger partial charge in [-0.15, -0.1) is 9.24 Å². The molecule has 0 bridgehead atoms.